The van der Waals surface area contributed by atoms with Gasteiger partial charge in [-0.15, -0.1) is 0 Å². The van der Waals surface area contributed by atoms with Crippen molar-refractivity contribution in [2.75, 3.05) is 0 Å². The zero-order chi connectivity index (χ0) is 11.5. The van der Waals surface area contributed by atoms with Crippen molar-refractivity contribution in [1.82, 2.24) is 0 Å². The fourth-order valence-corrected chi connectivity index (χ4v) is 1.99. The summed E-state index contributed by atoms with van der Waals surface area (Å²) >= 11 is 0. The largest absolute Gasteiger partial charge is 0.295 e. The number of rotatable bonds is 0. The van der Waals surface area contributed by atoms with Gasteiger partial charge in [-0.25, -0.2) is 0 Å². The van der Waals surface area contributed by atoms with Gasteiger partial charge in [-0.05, 0) is 38.2 Å². The molecule has 0 unspecified atom stereocenters. The van der Waals surface area contributed by atoms with Gasteiger partial charge >= 0.3 is 0 Å². The minimum Gasteiger partial charge on any atom is -0.295 e. The van der Waals surface area contributed by atoms with Crippen LogP contribution >= 0.6 is 0 Å². The molecule has 1 rings (SSSR count). The first kappa shape index (κ1) is 13.2. The second-order valence-corrected chi connectivity index (χ2v) is 4.58. The molecule has 0 radical (unpaired) electrons. The van der Waals surface area contributed by atoms with Crippen LogP contribution in [-0.4, -0.2) is 5.78 Å². The van der Waals surface area contributed by atoms with E-state index < -0.39 is 0 Å². The highest BCUT2D eigenvalue weighted by Crippen LogP contribution is 2.10. The second kappa shape index (κ2) is 9.38. The van der Waals surface area contributed by atoms with Gasteiger partial charge in [-0.3, -0.25) is 4.79 Å². The number of carbonyl (C=O) groups excluding carboxylic acids is 1. The van der Waals surface area contributed by atoms with E-state index in [2.05, 4.69) is 12.2 Å². The minimum atomic E-state index is 0.304. The Morgan fingerprint density at radius 1 is 0.688 bits per heavy atom. The average molecular weight is 220 g/mol. The van der Waals surface area contributed by atoms with Gasteiger partial charge in [0, 0.05) is 6.42 Å². The van der Waals surface area contributed by atoms with Crippen molar-refractivity contribution in [2.24, 2.45) is 0 Å². The Balaban J connectivity index is 2.28. The van der Waals surface area contributed by atoms with E-state index in [0.29, 0.717) is 5.78 Å². The molecule has 1 heteroatoms. The van der Waals surface area contributed by atoms with E-state index in [1.165, 1.54) is 38.5 Å². The average Bonchev–Trinajstić information content (AvgIpc) is 2.29. The van der Waals surface area contributed by atoms with Crippen LogP contribution in [0.15, 0.2) is 24.3 Å². The molecule has 16 heavy (non-hydrogen) atoms. The lowest BCUT2D eigenvalue weighted by Gasteiger charge is -1.99. The lowest BCUT2D eigenvalue weighted by atomic mass is 10.1. The van der Waals surface area contributed by atoms with Crippen LogP contribution in [0.4, 0.5) is 0 Å². The van der Waals surface area contributed by atoms with Gasteiger partial charge < -0.3 is 0 Å². The molecule has 0 bridgehead atoms. The minimum absolute atomic E-state index is 0.304. The second-order valence-electron chi connectivity index (χ2n) is 4.58. The summed E-state index contributed by atoms with van der Waals surface area (Å²) in [7, 11) is 0. The smallest absolute Gasteiger partial charge is 0.155 e. The summed E-state index contributed by atoms with van der Waals surface area (Å²) in [6.45, 7) is 0. The van der Waals surface area contributed by atoms with Crippen molar-refractivity contribution in [3.8, 4) is 0 Å². The van der Waals surface area contributed by atoms with Gasteiger partial charge in [0.2, 0.25) is 0 Å². The Morgan fingerprint density at radius 3 is 2.19 bits per heavy atom. The molecule has 0 fully saturated rings. The van der Waals surface area contributed by atoms with Crippen LogP contribution in [0.5, 0.6) is 0 Å². The van der Waals surface area contributed by atoms with Crippen LogP contribution in [0, 0.1) is 0 Å². The summed E-state index contributed by atoms with van der Waals surface area (Å²) in [6.07, 6.45) is 19.9. The van der Waals surface area contributed by atoms with E-state index >= 15 is 0 Å². The molecule has 0 heterocycles. The maximum atomic E-state index is 11.4. The normalized spacial score (nSPS) is 21.4. The Kier molecular flexibility index (Phi) is 7.75. The summed E-state index contributed by atoms with van der Waals surface area (Å²) in [5.74, 6) is 0.304. The third kappa shape index (κ3) is 7.44. The third-order valence-electron chi connectivity index (χ3n) is 3.01. The predicted molar refractivity (Wildman–Crippen MR) is 69.5 cm³/mol. The summed E-state index contributed by atoms with van der Waals surface area (Å²) in [5, 5.41) is 0. The molecule has 1 aliphatic carbocycles. The van der Waals surface area contributed by atoms with Gasteiger partial charge in [-0.1, -0.05) is 43.9 Å². The number of carbonyl (C=O) groups is 1. The first-order valence-electron chi connectivity index (χ1n) is 6.74. The third-order valence-corrected chi connectivity index (χ3v) is 3.01. The maximum Gasteiger partial charge on any atom is 0.155 e. The lowest BCUT2D eigenvalue weighted by Crippen LogP contribution is -1.92. The molecule has 0 atom stereocenters. The van der Waals surface area contributed by atoms with E-state index in [1.807, 2.05) is 6.08 Å². The SMILES string of the molecule is O=C1C=CCCC=CCCCCCCCC1. The quantitative estimate of drug-likeness (QED) is 0.546. The van der Waals surface area contributed by atoms with Crippen molar-refractivity contribution < 1.29 is 4.79 Å². The van der Waals surface area contributed by atoms with Crippen LogP contribution in [0.3, 0.4) is 0 Å². The molecular weight excluding hydrogens is 196 g/mol. The van der Waals surface area contributed by atoms with Crippen molar-refractivity contribution >= 4 is 5.78 Å². The van der Waals surface area contributed by atoms with Gasteiger partial charge in [-0.2, -0.15) is 0 Å². The first-order chi connectivity index (χ1) is 7.89. The fourth-order valence-electron chi connectivity index (χ4n) is 1.99. The van der Waals surface area contributed by atoms with Crippen LogP contribution in [0.1, 0.15) is 64.2 Å². The molecule has 90 valence electrons. The zero-order valence-electron chi connectivity index (χ0n) is 10.3. The summed E-state index contributed by atoms with van der Waals surface area (Å²) in [4.78, 5) is 11.4. The topological polar surface area (TPSA) is 17.1 Å². The van der Waals surface area contributed by atoms with Crippen molar-refractivity contribution in [2.45, 2.75) is 64.2 Å². The molecule has 0 saturated heterocycles. The summed E-state index contributed by atoms with van der Waals surface area (Å²) < 4.78 is 0. The van der Waals surface area contributed by atoms with E-state index in [4.69, 9.17) is 0 Å². The van der Waals surface area contributed by atoms with Gasteiger partial charge in [0.15, 0.2) is 5.78 Å². The molecule has 1 aliphatic rings. The highest BCUT2D eigenvalue weighted by atomic mass is 16.1. The van der Waals surface area contributed by atoms with Gasteiger partial charge in [0.1, 0.15) is 0 Å². The number of ketones is 1. The van der Waals surface area contributed by atoms with Crippen LogP contribution in [-0.2, 0) is 4.79 Å². The first-order valence-corrected chi connectivity index (χ1v) is 6.74. The van der Waals surface area contributed by atoms with Gasteiger partial charge in [0.05, 0.1) is 0 Å². The Hall–Kier alpha value is -0.850. The van der Waals surface area contributed by atoms with Crippen LogP contribution in [0.2, 0.25) is 0 Å². The molecule has 0 aromatic rings. The number of hydrogen-bond donors (Lipinski definition) is 0. The van der Waals surface area contributed by atoms with Crippen LogP contribution in [0.25, 0.3) is 0 Å². The monoisotopic (exact) mass is 220 g/mol. The number of hydrogen-bond acceptors (Lipinski definition) is 1. The Morgan fingerprint density at radius 2 is 1.31 bits per heavy atom. The lowest BCUT2D eigenvalue weighted by molar-refractivity contribution is -0.114. The molecule has 0 saturated carbocycles. The molecule has 0 N–H and O–H groups in total. The predicted octanol–water partition coefficient (Wildman–Crippen LogP) is 4.58. The van der Waals surface area contributed by atoms with Crippen LogP contribution < -0.4 is 0 Å². The van der Waals surface area contributed by atoms with Gasteiger partial charge in [0.25, 0.3) is 0 Å². The molecule has 0 aromatic heterocycles. The summed E-state index contributed by atoms with van der Waals surface area (Å²) in [5.41, 5.74) is 0. The maximum absolute atomic E-state index is 11.4. The Bertz CT molecular complexity index is 238. The van der Waals surface area contributed by atoms with E-state index in [-0.39, 0.29) is 0 Å². The molecular formula is C15H24O. The van der Waals surface area contributed by atoms with E-state index in [0.717, 1.165) is 25.7 Å². The summed E-state index contributed by atoms with van der Waals surface area (Å²) in [6, 6.07) is 0. The molecule has 0 aliphatic heterocycles. The van der Waals surface area contributed by atoms with E-state index in [1.54, 1.807) is 6.08 Å². The Labute approximate surface area is 99.6 Å². The standard InChI is InChI=1S/C15H24O/c16-15-13-11-9-7-5-3-1-2-4-6-8-10-12-14-15/h3,5,11,13H,1-2,4,6-10,12,14H2. The van der Waals surface area contributed by atoms with E-state index in [9.17, 15) is 4.79 Å². The molecule has 1 nitrogen and oxygen atoms in total. The molecule has 0 spiro atoms. The fraction of sp³-hybridized carbons (Fsp3) is 0.667. The van der Waals surface area contributed by atoms with Crippen molar-refractivity contribution in [3.05, 3.63) is 24.3 Å². The highest BCUT2D eigenvalue weighted by Gasteiger charge is 1.97. The number of allylic oxidation sites excluding steroid dienone is 4. The van der Waals surface area contributed by atoms with Crippen molar-refractivity contribution in [1.29, 1.82) is 0 Å². The molecule has 0 amide bonds. The molecule has 0 aromatic carbocycles. The highest BCUT2D eigenvalue weighted by molar-refractivity contribution is 5.89. The zero-order valence-corrected chi connectivity index (χ0v) is 10.3. The van der Waals surface area contributed by atoms with Crippen molar-refractivity contribution in [3.63, 3.8) is 0 Å².